The van der Waals surface area contributed by atoms with Gasteiger partial charge >= 0.3 is 0 Å². The summed E-state index contributed by atoms with van der Waals surface area (Å²) in [5, 5.41) is 14.7. The van der Waals surface area contributed by atoms with E-state index in [2.05, 4.69) is 66.1 Å². The topological polar surface area (TPSA) is 103 Å². The number of anilines is 2. The van der Waals surface area contributed by atoms with Gasteiger partial charge in [0.2, 0.25) is 10.2 Å². The minimum Gasteiger partial charge on any atom is -0.510 e. The van der Waals surface area contributed by atoms with Crippen molar-refractivity contribution >= 4 is 58.5 Å². The molecule has 0 aliphatic heterocycles. The Balaban J connectivity index is 0.000000253. The van der Waals surface area contributed by atoms with E-state index in [1.54, 1.807) is 24.8 Å². The third-order valence-electron chi connectivity index (χ3n) is 4.12. The number of para-hydroxylation sites is 2. The second-order valence-electron chi connectivity index (χ2n) is 6.83. The average Bonchev–Trinajstić information content (AvgIpc) is 2.91. The molecule has 2 N–H and O–H groups in total. The number of thiol groups is 2. The van der Waals surface area contributed by atoms with Gasteiger partial charge in [0.1, 0.15) is 0 Å². The molecule has 0 amide bonds. The fraction of sp³-hybridized carbons (Fsp3) is 0. The molecule has 0 fully saturated rings. The molecule has 2 aromatic heterocycles. The predicted octanol–water partition coefficient (Wildman–Crippen LogP) is 4.53. The molecule has 11 heteroatoms. The quantitative estimate of drug-likeness (QED) is 0.0887. The molecule has 0 aliphatic rings. The molecule has 0 unspecified atom stereocenters. The van der Waals surface area contributed by atoms with Gasteiger partial charge in [0, 0.05) is 52.7 Å². The Morgan fingerprint density at radius 3 is 1.32 bits per heavy atom. The van der Waals surface area contributed by atoms with Crippen molar-refractivity contribution in [3.8, 4) is 0 Å². The van der Waals surface area contributed by atoms with Gasteiger partial charge in [0.05, 0.1) is 11.4 Å². The Morgan fingerprint density at radius 2 is 0.973 bits per heavy atom. The van der Waals surface area contributed by atoms with Crippen LogP contribution in [-0.4, -0.2) is 32.6 Å². The molecule has 4 rings (SSSR count). The molecule has 0 bridgehead atoms. The monoisotopic (exact) mass is 570 g/mol. The molecule has 0 aliphatic carbocycles. The van der Waals surface area contributed by atoms with Crippen LogP contribution in [0.3, 0.4) is 0 Å². The standard InChI is InChI=1S/2C13H12N4S.Ni/c2*18-13(16-11-6-2-1-3-7-11)17-15-10-12-8-4-5-9-14-12;/h2*1-10H,(H2,14,16,17,18);. The summed E-state index contributed by atoms with van der Waals surface area (Å²) >= 11 is 8.39. The summed E-state index contributed by atoms with van der Waals surface area (Å²) in [5.74, 6) is 0. The number of rotatable bonds is 6. The summed E-state index contributed by atoms with van der Waals surface area (Å²) in [5.41, 5.74) is 11.2. The van der Waals surface area contributed by atoms with E-state index in [1.807, 2.05) is 97.1 Å². The summed E-state index contributed by atoms with van der Waals surface area (Å²) < 4.78 is 0. The fourth-order valence-electron chi connectivity index (χ4n) is 2.54. The van der Waals surface area contributed by atoms with Crippen LogP contribution in [0.2, 0.25) is 0 Å². The average molecular weight is 571 g/mol. The molecule has 0 radical (unpaired) electrons. The van der Waals surface area contributed by atoms with Gasteiger partial charge in [-0.15, -0.1) is 0 Å². The number of nitrogens with zero attached hydrogens (tertiary/aromatic N) is 6. The number of aromatic nitrogens is 2. The third kappa shape index (κ3) is 12.5. The first-order valence-electron chi connectivity index (χ1n) is 10.8. The van der Waals surface area contributed by atoms with Crippen LogP contribution in [0.4, 0.5) is 11.4 Å². The zero-order chi connectivity index (χ0) is 25.3. The Hall–Kier alpha value is -4.05. The largest absolute Gasteiger partial charge is 0.510 e. The maximum Gasteiger partial charge on any atom is 0.212 e. The Kier molecular flexibility index (Phi) is 13.7. The van der Waals surface area contributed by atoms with E-state index in [4.69, 9.17) is 0 Å². The molecule has 0 saturated heterocycles. The van der Waals surface area contributed by atoms with Crippen molar-refractivity contribution in [3.63, 3.8) is 0 Å². The van der Waals surface area contributed by atoms with Crippen molar-refractivity contribution in [3.05, 3.63) is 132 Å². The number of hydrogen-bond acceptors (Lipinski definition) is 4. The zero-order valence-electron chi connectivity index (χ0n) is 19.4. The van der Waals surface area contributed by atoms with Gasteiger partial charge in [-0.1, -0.05) is 48.5 Å². The fourth-order valence-corrected chi connectivity index (χ4v) is 2.90. The number of pyridine rings is 2. The van der Waals surface area contributed by atoms with E-state index >= 15 is 0 Å². The molecule has 8 nitrogen and oxygen atoms in total. The first-order chi connectivity index (χ1) is 17.7. The molecule has 190 valence electrons. The molecular formula is C26H24N8NiS2. The zero-order valence-corrected chi connectivity index (χ0v) is 22.2. The van der Waals surface area contributed by atoms with Gasteiger partial charge in [-0.05, 0) is 48.5 Å². The molecule has 0 atom stereocenters. The molecule has 0 saturated carbocycles. The van der Waals surface area contributed by atoms with Crippen LogP contribution in [0.5, 0.6) is 0 Å². The maximum atomic E-state index is 4.19. The normalized spacial score (nSPS) is 9.95. The molecule has 2 heterocycles. The van der Waals surface area contributed by atoms with Crippen molar-refractivity contribution in [1.82, 2.24) is 9.97 Å². The second-order valence-corrected chi connectivity index (χ2v) is 7.67. The van der Waals surface area contributed by atoms with Crippen LogP contribution < -0.4 is 10.6 Å². The van der Waals surface area contributed by atoms with Crippen molar-refractivity contribution in [1.29, 1.82) is 0 Å². The van der Waals surface area contributed by atoms with E-state index in [1.165, 1.54) is 0 Å². The third-order valence-corrected chi connectivity index (χ3v) is 4.52. The second kappa shape index (κ2) is 17.4. The van der Waals surface area contributed by atoms with Crippen molar-refractivity contribution in [2.45, 2.75) is 0 Å². The van der Waals surface area contributed by atoms with Crippen LogP contribution in [-0.2, 0) is 40.9 Å². The first kappa shape index (κ1) is 29.2. The molecular weight excluding hydrogens is 547 g/mol. The molecule has 4 aromatic rings. The van der Waals surface area contributed by atoms with Gasteiger partial charge in [0.25, 0.3) is 0 Å². The van der Waals surface area contributed by atoms with Crippen LogP contribution in [0.1, 0.15) is 11.4 Å². The van der Waals surface area contributed by atoms with Crippen LogP contribution in [0, 0.1) is 0 Å². The summed E-state index contributed by atoms with van der Waals surface area (Å²) in [6, 6.07) is 30.5. The van der Waals surface area contributed by atoms with Crippen LogP contribution in [0.25, 0.3) is 10.9 Å². The summed E-state index contributed by atoms with van der Waals surface area (Å²) in [6.07, 6.45) is 6.55. The number of benzene rings is 2. The van der Waals surface area contributed by atoms with Crippen LogP contribution >= 0.6 is 0 Å². The smallest absolute Gasteiger partial charge is 0.212 e. The molecule has 37 heavy (non-hydrogen) atoms. The van der Waals surface area contributed by atoms with Gasteiger partial charge in [-0.25, -0.2) is 0 Å². The van der Waals surface area contributed by atoms with Gasteiger partial charge < -0.3 is 31.7 Å². The van der Waals surface area contributed by atoms with Gasteiger partial charge in [-0.3, -0.25) is 9.97 Å². The summed E-state index contributed by atoms with van der Waals surface area (Å²) in [4.78, 5) is 8.19. The van der Waals surface area contributed by atoms with E-state index < -0.39 is 0 Å². The minimum absolute atomic E-state index is 0. The van der Waals surface area contributed by atoms with Gasteiger partial charge in [-0.2, -0.15) is 0 Å². The summed E-state index contributed by atoms with van der Waals surface area (Å²) in [6.45, 7) is 0. The number of hydrogen-bond donors (Lipinski definition) is 2. The first-order valence-corrected chi connectivity index (χ1v) is 11.6. The Labute approximate surface area is 236 Å². The van der Waals surface area contributed by atoms with E-state index in [0.29, 0.717) is 10.2 Å². The molecule has 2 aromatic carbocycles. The predicted molar refractivity (Wildman–Crippen MR) is 158 cm³/mol. The Morgan fingerprint density at radius 1 is 0.595 bits per heavy atom. The SMILES string of the molecule is [Ni].[SH+]=C([N-]N=Cc1ccccn1)Nc1ccccc1.[SH+]=C([N-]N=Cc1ccccn1)Nc1ccccc1. The number of nitrogens with one attached hydrogen (secondary N) is 2. The maximum absolute atomic E-state index is 4.19. The van der Waals surface area contributed by atoms with Crippen LogP contribution in [0.15, 0.2) is 120 Å². The van der Waals surface area contributed by atoms with E-state index in [9.17, 15) is 0 Å². The van der Waals surface area contributed by atoms with Gasteiger partial charge in [0.15, 0.2) is 24.4 Å². The molecule has 0 spiro atoms. The Bertz CT molecular complexity index is 1160. The summed E-state index contributed by atoms with van der Waals surface area (Å²) in [7, 11) is 0. The van der Waals surface area contributed by atoms with Crippen molar-refractivity contribution in [2.24, 2.45) is 10.2 Å². The van der Waals surface area contributed by atoms with Crippen molar-refractivity contribution in [2.75, 3.05) is 10.6 Å². The van der Waals surface area contributed by atoms with E-state index in [0.717, 1.165) is 22.8 Å². The van der Waals surface area contributed by atoms with E-state index in [-0.39, 0.29) is 16.5 Å². The van der Waals surface area contributed by atoms with Crippen molar-refractivity contribution < 1.29 is 16.5 Å². The minimum atomic E-state index is 0.